The first-order valence-electron chi connectivity index (χ1n) is 10.8. The average molecular weight is 444 g/mol. The SMILES string of the molecule is C[C@@H]1C[C@@H](O)c2ncnc(N3CCN(C(=O)C(CN(C)C)c4ccc(Cl)cc4)CC3)c21. The summed E-state index contributed by atoms with van der Waals surface area (Å²) >= 11 is 6.05. The highest BCUT2D eigenvalue weighted by atomic mass is 35.5. The highest BCUT2D eigenvalue weighted by molar-refractivity contribution is 6.30. The third-order valence-electron chi connectivity index (χ3n) is 6.29. The first-order chi connectivity index (χ1) is 14.8. The van der Waals surface area contributed by atoms with E-state index in [2.05, 4.69) is 21.8 Å². The Bertz CT molecular complexity index is 928. The van der Waals surface area contributed by atoms with Gasteiger partial charge in [-0.1, -0.05) is 30.7 Å². The highest BCUT2D eigenvalue weighted by Crippen LogP contribution is 2.42. The van der Waals surface area contributed by atoms with Gasteiger partial charge in [-0.05, 0) is 44.1 Å². The van der Waals surface area contributed by atoms with Crippen molar-refractivity contribution in [1.82, 2.24) is 19.8 Å². The lowest BCUT2D eigenvalue weighted by Crippen LogP contribution is -2.51. The topological polar surface area (TPSA) is 72.8 Å². The molecule has 31 heavy (non-hydrogen) atoms. The number of piperazine rings is 1. The van der Waals surface area contributed by atoms with Crippen molar-refractivity contribution in [3.8, 4) is 0 Å². The van der Waals surface area contributed by atoms with Gasteiger partial charge >= 0.3 is 0 Å². The number of carbonyl (C=O) groups is 1. The van der Waals surface area contributed by atoms with Crippen molar-refractivity contribution in [3.05, 3.63) is 52.4 Å². The molecular formula is C23H30ClN5O2. The molecule has 1 saturated heterocycles. The van der Waals surface area contributed by atoms with Crippen molar-refractivity contribution in [2.45, 2.75) is 31.3 Å². The lowest BCUT2D eigenvalue weighted by atomic mass is 9.96. The van der Waals surface area contributed by atoms with Crippen LogP contribution in [0, 0.1) is 0 Å². The zero-order valence-corrected chi connectivity index (χ0v) is 19.1. The smallest absolute Gasteiger partial charge is 0.231 e. The van der Waals surface area contributed by atoms with Gasteiger partial charge < -0.3 is 19.8 Å². The summed E-state index contributed by atoms with van der Waals surface area (Å²) in [6.07, 6.45) is 1.72. The molecule has 7 nitrogen and oxygen atoms in total. The number of anilines is 1. The number of carbonyl (C=O) groups excluding carboxylic acids is 1. The summed E-state index contributed by atoms with van der Waals surface area (Å²) < 4.78 is 0. The van der Waals surface area contributed by atoms with E-state index in [1.807, 2.05) is 48.2 Å². The summed E-state index contributed by atoms with van der Waals surface area (Å²) in [6.45, 7) is 5.48. The highest BCUT2D eigenvalue weighted by Gasteiger charge is 2.35. The molecule has 1 fully saturated rings. The predicted octanol–water partition coefficient (Wildman–Crippen LogP) is 2.66. The number of aliphatic hydroxyl groups is 1. The van der Waals surface area contributed by atoms with E-state index >= 15 is 0 Å². The Hall–Kier alpha value is -2.22. The van der Waals surface area contributed by atoms with Crippen molar-refractivity contribution in [1.29, 1.82) is 0 Å². The monoisotopic (exact) mass is 443 g/mol. The number of likely N-dealkylation sites (N-methyl/N-ethyl adjacent to an activating group) is 1. The second-order valence-corrected chi connectivity index (χ2v) is 9.26. The Labute approximate surface area is 188 Å². The normalized spacial score (nSPS) is 22.0. The van der Waals surface area contributed by atoms with Gasteiger partial charge in [0.2, 0.25) is 5.91 Å². The van der Waals surface area contributed by atoms with Crippen LogP contribution in [0.1, 0.15) is 48.1 Å². The van der Waals surface area contributed by atoms with Crippen molar-refractivity contribution in [2.75, 3.05) is 51.7 Å². The van der Waals surface area contributed by atoms with Gasteiger partial charge in [0.05, 0.1) is 17.7 Å². The van der Waals surface area contributed by atoms with Crippen LogP contribution in [0.3, 0.4) is 0 Å². The van der Waals surface area contributed by atoms with E-state index in [0.717, 1.165) is 22.6 Å². The zero-order valence-electron chi connectivity index (χ0n) is 18.3. The molecule has 0 bridgehead atoms. The van der Waals surface area contributed by atoms with Crippen molar-refractivity contribution < 1.29 is 9.90 Å². The van der Waals surface area contributed by atoms with E-state index in [4.69, 9.17) is 11.6 Å². The number of benzene rings is 1. The van der Waals surface area contributed by atoms with E-state index in [0.29, 0.717) is 44.2 Å². The summed E-state index contributed by atoms with van der Waals surface area (Å²) in [4.78, 5) is 28.5. The van der Waals surface area contributed by atoms with Gasteiger partial charge in [0, 0.05) is 43.3 Å². The van der Waals surface area contributed by atoms with Crippen LogP contribution < -0.4 is 4.90 Å². The molecule has 0 radical (unpaired) electrons. The molecule has 1 aliphatic carbocycles. The fourth-order valence-corrected chi connectivity index (χ4v) is 4.83. The van der Waals surface area contributed by atoms with Gasteiger partial charge in [-0.15, -0.1) is 0 Å². The molecule has 1 aliphatic heterocycles. The van der Waals surface area contributed by atoms with Crippen LogP contribution in [0.25, 0.3) is 0 Å². The number of fused-ring (bicyclic) bond motifs is 1. The Morgan fingerprint density at radius 2 is 1.87 bits per heavy atom. The number of nitrogens with zero attached hydrogens (tertiary/aromatic N) is 5. The lowest BCUT2D eigenvalue weighted by molar-refractivity contribution is -0.133. The summed E-state index contributed by atoms with van der Waals surface area (Å²) in [5, 5.41) is 10.9. The maximum atomic E-state index is 13.4. The number of aliphatic hydroxyl groups excluding tert-OH is 1. The quantitative estimate of drug-likeness (QED) is 0.765. The van der Waals surface area contributed by atoms with Crippen LogP contribution in [0.15, 0.2) is 30.6 Å². The lowest BCUT2D eigenvalue weighted by Gasteiger charge is -2.38. The molecule has 0 spiro atoms. The van der Waals surface area contributed by atoms with Gasteiger partial charge in [-0.2, -0.15) is 0 Å². The number of halogens is 1. The van der Waals surface area contributed by atoms with Crippen LogP contribution in [0.4, 0.5) is 5.82 Å². The summed E-state index contributed by atoms with van der Waals surface area (Å²) in [5.74, 6) is 1.06. The van der Waals surface area contributed by atoms with Crippen LogP contribution in [0.5, 0.6) is 0 Å². The third-order valence-corrected chi connectivity index (χ3v) is 6.54. The van der Waals surface area contributed by atoms with Crippen LogP contribution in [0.2, 0.25) is 5.02 Å². The third kappa shape index (κ3) is 4.54. The maximum Gasteiger partial charge on any atom is 0.231 e. The molecule has 4 rings (SSSR count). The second kappa shape index (κ2) is 9.10. The average Bonchev–Trinajstić information content (AvgIpc) is 3.06. The van der Waals surface area contributed by atoms with E-state index in [-0.39, 0.29) is 17.7 Å². The standard InChI is InChI=1S/C23H30ClN5O2/c1-15-12-19(30)21-20(15)22(26-14-25-21)28-8-10-29(11-9-28)23(31)18(13-27(2)3)16-4-6-17(24)7-5-16/h4-7,14-15,18-19,30H,8-13H2,1-3H3/t15-,18?,19-/m1/s1. The van der Waals surface area contributed by atoms with E-state index < -0.39 is 6.10 Å². The largest absolute Gasteiger partial charge is 0.387 e. The van der Waals surface area contributed by atoms with Crippen LogP contribution >= 0.6 is 11.6 Å². The predicted molar refractivity (Wildman–Crippen MR) is 122 cm³/mol. The van der Waals surface area contributed by atoms with Gasteiger partial charge in [-0.25, -0.2) is 9.97 Å². The van der Waals surface area contributed by atoms with E-state index in [1.54, 1.807) is 6.33 Å². The van der Waals surface area contributed by atoms with Crippen molar-refractivity contribution >= 4 is 23.3 Å². The molecule has 2 aliphatic rings. The minimum atomic E-state index is -0.513. The minimum absolute atomic E-state index is 0.146. The minimum Gasteiger partial charge on any atom is -0.387 e. The number of rotatable bonds is 5. The number of aromatic nitrogens is 2. The van der Waals surface area contributed by atoms with Crippen LogP contribution in [-0.4, -0.2) is 77.6 Å². The Balaban J connectivity index is 1.48. The fraction of sp³-hybridized carbons (Fsp3) is 0.522. The molecule has 1 aromatic heterocycles. The summed E-state index contributed by atoms with van der Waals surface area (Å²) in [5.41, 5.74) is 2.80. The van der Waals surface area contributed by atoms with Gasteiger partial charge in [0.1, 0.15) is 12.1 Å². The molecule has 1 N–H and O–H groups in total. The first-order valence-corrected chi connectivity index (χ1v) is 11.2. The second-order valence-electron chi connectivity index (χ2n) is 8.83. The Kier molecular flexibility index (Phi) is 6.46. The van der Waals surface area contributed by atoms with Crippen LogP contribution in [-0.2, 0) is 4.79 Å². The molecule has 1 unspecified atom stereocenters. The summed E-state index contributed by atoms with van der Waals surface area (Å²) in [7, 11) is 3.97. The Morgan fingerprint density at radius 1 is 1.19 bits per heavy atom. The van der Waals surface area contributed by atoms with Gasteiger partial charge in [0.15, 0.2) is 0 Å². The molecule has 8 heteroatoms. The molecule has 2 heterocycles. The summed E-state index contributed by atoms with van der Waals surface area (Å²) in [6, 6.07) is 7.58. The number of hydrogen-bond donors (Lipinski definition) is 1. The van der Waals surface area contributed by atoms with Gasteiger partial charge in [0.25, 0.3) is 0 Å². The number of hydrogen-bond acceptors (Lipinski definition) is 6. The first kappa shape index (κ1) is 22.0. The molecule has 2 aromatic rings. The fourth-order valence-electron chi connectivity index (χ4n) is 4.70. The molecular weight excluding hydrogens is 414 g/mol. The van der Waals surface area contributed by atoms with E-state index in [1.165, 1.54) is 0 Å². The van der Waals surface area contributed by atoms with Crippen molar-refractivity contribution in [2.24, 2.45) is 0 Å². The molecule has 1 amide bonds. The zero-order chi connectivity index (χ0) is 22.1. The molecule has 0 saturated carbocycles. The maximum absolute atomic E-state index is 13.4. The van der Waals surface area contributed by atoms with Gasteiger partial charge in [-0.3, -0.25) is 4.79 Å². The Morgan fingerprint density at radius 3 is 2.52 bits per heavy atom. The van der Waals surface area contributed by atoms with E-state index in [9.17, 15) is 9.90 Å². The van der Waals surface area contributed by atoms with Crippen molar-refractivity contribution in [3.63, 3.8) is 0 Å². The molecule has 1 aromatic carbocycles. The number of amides is 1. The molecule has 3 atom stereocenters. The molecule has 166 valence electrons.